The molecule has 2 amide bonds. The van der Waals surface area contributed by atoms with Crippen LogP contribution in [0.1, 0.15) is 51.7 Å². The van der Waals surface area contributed by atoms with Crippen molar-refractivity contribution >= 4 is 12.1 Å². The Morgan fingerprint density at radius 1 is 1.22 bits per heavy atom. The molecule has 0 spiro atoms. The van der Waals surface area contributed by atoms with E-state index in [0.717, 1.165) is 18.4 Å². The minimum absolute atomic E-state index is 0.0725. The van der Waals surface area contributed by atoms with E-state index in [1.54, 1.807) is 6.20 Å². The van der Waals surface area contributed by atoms with E-state index >= 15 is 0 Å². The molecule has 1 aromatic rings. The Balaban J connectivity index is 2.11. The second-order valence-corrected chi connectivity index (χ2v) is 7.77. The Hall–Kier alpha value is -1.81. The van der Waals surface area contributed by atoms with Gasteiger partial charge in [-0.2, -0.15) is 0 Å². The standard InChI is InChI=1S/C19H29N3O/c1-14-8-6-7-9-15(14)10-11-21-17(23)22-18(2,3)12-16(20)13-19(22,4)5/h6-11,16H,12-13,20H2,1-5H3,(H,21,23)/b11-10+. The van der Waals surface area contributed by atoms with Gasteiger partial charge in [0.1, 0.15) is 0 Å². The van der Waals surface area contributed by atoms with Crippen LogP contribution >= 0.6 is 0 Å². The number of nitrogens with one attached hydrogen (secondary N) is 1. The number of likely N-dealkylation sites (tertiary alicyclic amines) is 1. The fourth-order valence-electron chi connectivity index (χ4n) is 3.95. The van der Waals surface area contributed by atoms with Crippen LogP contribution in [0.5, 0.6) is 0 Å². The van der Waals surface area contributed by atoms with E-state index in [1.165, 1.54) is 5.56 Å². The summed E-state index contributed by atoms with van der Waals surface area (Å²) in [6.07, 6.45) is 5.28. The van der Waals surface area contributed by atoms with Gasteiger partial charge in [0.05, 0.1) is 0 Å². The van der Waals surface area contributed by atoms with Gasteiger partial charge in [0, 0.05) is 23.3 Å². The van der Waals surface area contributed by atoms with E-state index in [2.05, 4.69) is 46.0 Å². The zero-order valence-electron chi connectivity index (χ0n) is 14.9. The maximum absolute atomic E-state index is 12.7. The second-order valence-electron chi connectivity index (χ2n) is 7.77. The predicted octanol–water partition coefficient (Wildman–Crippen LogP) is 3.66. The molecule has 1 aliphatic rings. The average molecular weight is 315 g/mol. The van der Waals surface area contributed by atoms with Gasteiger partial charge in [-0.3, -0.25) is 0 Å². The minimum atomic E-state index is -0.262. The molecule has 0 unspecified atom stereocenters. The van der Waals surface area contributed by atoms with Crippen LogP contribution in [-0.2, 0) is 0 Å². The minimum Gasteiger partial charge on any atom is -0.328 e. The van der Waals surface area contributed by atoms with E-state index in [0.29, 0.717) is 0 Å². The van der Waals surface area contributed by atoms with Crippen LogP contribution in [0.15, 0.2) is 30.5 Å². The number of carbonyl (C=O) groups excluding carboxylic acids is 1. The monoisotopic (exact) mass is 315 g/mol. The molecule has 0 aliphatic carbocycles. The first-order valence-electron chi connectivity index (χ1n) is 8.22. The third kappa shape index (κ3) is 3.94. The molecule has 1 aliphatic heterocycles. The van der Waals surface area contributed by atoms with Crippen LogP contribution in [0.2, 0.25) is 0 Å². The Morgan fingerprint density at radius 3 is 2.35 bits per heavy atom. The normalized spacial score (nSPS) is 20.7. The van der Waals surface area contributed by atoms with Crippen molar-refractivity contribution in [1.29, 1.82) is 0 Å². The van der Waals surface area contributed by atoms with Crippen LogP contribution < -0.4 is 11.1 Å². The third-order valence-corrected chi connectivity index (χ3v) is 4.60. The molecule has 1 aromatic carbocycles. The molecule has 126 valence electrons. The van der Waals surface area contributed by atoms with Gasteiger partial charge in [0.2, 0.25) is 0 Å². The van der Waals surface area contributed by atoms with E-state index in [4.69, 9.17) is 5.73 Å². The Kier molecular flexibility index (Phi) is 4.85. The van der Waals surface area contributed by atoms with Crippen molar-refractivity contribution in [2.75, 3.05) is 0 Å². The van der Waals surface area contributed by atoms with Crippen LogP contribution in [-0.4, -0.2) is 28.1 Å². The number of benzene rings is 1. The molecule has 1 heterocycles. The lowest BCUT2D eigenvalue weighted by Gasteiger charge is -2.54. The third-order valence-electron chi connectivity index (χ3n) is 4.60. The molecule has 0 saturated carbocycles. The van der Waals surface area contributed by atoms with Crippen molar-refractivity contribution in [1.82, 2.24) is 10.2 Å². The predicted molar refractivity (Wildman–Crippen MR) is 96.0 cm³/mol. The summed E-state index contributed by atoms with van der Waals surface area (Å²) >= 11 is 0. The zero-order chi connectivity index (χ0) is 17.3. The molecule has 0 radical (unpaired) electrons. The Morgan fingerprint density at radius 2 is 1.78 bits per heavy atom. The van der Waals surface area contributed by atoms with Crippen LogP contribution in [0.25, 0.3) is 6.08 Å². The summed E-state index contributed by atoms with van der Waals surface area (Å²) in [7, 11) is 0. The molecule has 1 fully saturated rings. The molecule has 0 atom stereocenters. The van der Waals surface area contributed by atoms with Crippen molar-refractivity contribution < 1.29 is 4.79 Å². The van der Waals surface area contributed by atoms with Gasteiger partial charge in [-0.25, -0.2) is 4.79 Å². The van der Waals surface area contributed by atoms with Crippen molar-refractivity contribution in [3.05, 3.63) is 41.6 Å². The topological polar surface area (TPSA) is 58.4 Å². The first-order valence-corrected chi connectivity index (χ1v) is 8.22. The summed E-state index contributed by atoms with van der Waals surface area (Å²) in [6, 6.07) is 8.15. The van der Waals surface area contributed by atoms with Gasteiger partial charge in [-0.05, 0) is 64.7 Å². The number of nitrogens with zero attached hydrogens (tertiary/aromatic N) is 1. The molecule has 0 bridgehead atoms. The maximum atomic E-state index is 12.7. The highest BCUT2D eigenvalue weighted by molar-refractivity contribution is 5.78. The number of nitrogens with two attached hydrogens (primary N) is 1. The lowest BCUT2D eigenvalue weighted by Crippen LogP contribution is -2.66. The van der Waals surface area contributed by atoms with Crippen molar-refractivity contribution in [2.45, 2.75) is 64.6 Å². The molecule has 23 heavy (non-hydrogen) atoms. The maximum Gasteiger partial charge on any atom is 0.322 e. The van der Waals surface area contributed by atoms with E-state index in [-0.39, 0.29) is 23.2 Å². The SMILES string of the molecule is Cc1ccccc1/C=C/NC(=O)N1C(C)(C)CC(N)CC1(C)C. The highest BCUT2D eigenvalue weighted by Crippen LogP contribution is 2.37. The number of rotatable bonds is 2. The van der Waals surface area contributed by atoms with Crippen molar-refractivity contribution in [2.24, 2.45) is 5.73 Å². The lowest BCUT2D eigenvalue weighted by molar-refractivity contribution is 0.00444. The van der Waals surface area contributed by atoms with E-state index in [9.17, 15) is 4.79 Å². The number of hydrogen-bond donors (Lipinski definition) is 2. The van der Waals surface area contributed by atoms with Gasteiger partial charge in [-0.15, -0.1) is 0 Å². The summed E-state index contributed by atoms with van der Waals surface area (Å²) in [5.74, 6) is 0. The summed E-state index contributed by atoms with van der Waals surface area (Å²) < 4.78 is 0. The largest absolute Gasteiger partial charge is 0.328 e. The lowest BCUT2D eigenvalue weighted by atomic mass is 9.77. The van der Waals surface area contributed by atoms with E-state index < -0.39 is 0 Å². The zero-order valence-corrected chi connectivity index (χ0v) is 14.9. The summed E-state index contributed by atoms with van der Waals surface area (Å²) in [5.41, 5.74) is 7.93. The fraction of sp³-hybridized carbons (Fsp3) is 0.526. The van der Waals surface area contributed by atoms with Gasteiger partial charge < -0.3 is 16.0 Å². The molecule has 2 rings (SSSR count). The molecular formula is C19H29N3O. The molecule has 4 heteroatoms. The van der Waals surface area contributed by atoms with Crippen LogP contribution in [0.3, 0.4) is 0 Å². The van der Waals surface area contributed by atoms with Crippen molar-refractivity contribution in [3.8, 4) is 0 Å². The molecule has 0 aromatic heterocycles. The molecule has 1 saturated heterocycles. The highest BCUT2D eigenvalue weighted by Gasteiger charge is 2.46. The number of piperidine rings is 1. The second kappa shape index (κ2) is 6.36. The summed E-state index contributed by atoms with van der Waals surface area (Å²) in [4.78, 5) is 14.7. The first kappa shape index (κ1) is 17.5. The summed E-state index contributed by atoms with van der Waals surface area (Å²) in [5, 5.41) is 2.92. The van der Waals surface area contributed by atoms with Gasteiger partial charge in [0.15, 0.2) is 0 Å². The number of aryl methyl sites for hydroxylation is 1. The smallest absolute Gasteiger partial charge is 0.322 e. The number of amides is 2. The molecular weight excluding hydrogens is 286 g/mol. The highest BCUT2D eigenvalue weighted by atomic mass is 16.2. The number of urea groups is 1. The van der Waals surface area contributed by atoms with E-state index in [1.807, 2.05) is 29.2 Å². The molecule has 3 N–H and O–H groups in total. The average Bonchev–Trinajstić information content (AvgIpc) is 2.37. The Bertz CT molecular complexity index is 586. The number of carbonyl (C=O) groups is 1. The first-order chi connectivity index (χ1) is 10.6. The molecule has 4 nitrogen and oxygen atoms in total. The summed E-state index contributed by atoms with van der Waals surface area (Å²) in [6.45, 7) is 10.4. The van der Waals surface area contributed by atoms with Crippen LogP contribution in [0.4, 0.5) is 4.79 Å². The van der Waals surface area contributed by atoms with Gasteiger partial charge in [0.25, 0.3) is 0 Å². The van der Waals surface area contributed by atoms with Crippen molar-refractivity contribution in [3.63, 3.8) is 0 Å². The van der Waals surface area contributed by atoms with Gasteiger partial charge >= 0.3 is 6.03 Å². The van der Waals surface area contributed by atoms with Crippen LogP contribution in [0, 0.1) is 6.92 Å². The van der Waals surface area contributed by atoms with Gasteiger partial charge in [-0.1, -0.05) is 24.3 Å². The number of hydrogen-bond acceptors (Lipinski definition) is 2. The Labute approximate surface area is 139 Å². The fourth-order valence-corrected chi connectivity index (χ4v) is 3.95. The quantitative estimate of drug-likeness (QED) is 0.875.